The number of carboxylic acids is 1. The van der Waals surface area contributed by atoms with Crippen LogP contribution in [0.1, 0.15) is 62.5 Å². The van der Waals surface area contributed by atoms with E-state index in [4.69, 9.17) is 9.84 Å². The number of nitrogens with one attached hydrogen (secondary N) is 2. The summed E-state index contributed by atoms with van der Waals surface area (Å²) in [5, 5.41) is 14.8. The minimum atomic E-state index is -0.821. The fourth-order valence-corrected chi connectivity index (χ4v) is 5.35. The first-order valence-electron chi connectivity index (χ1n) is 12.5. The number of rotatable bonds is 9. The molecule has 0 saturated heterocycles. The zero-order valence-electron chi connectivity index (χ0n) is 20.2. The topological polar surface area (TPSA) is 105 Å². The lowest BCUT2D eigenvalue weighted by molar-refractivity contribution is -0.138. The maximum absolute atomic E-state index is 12.6. The van der Waals surface area contributed by atoms with Crippen LogP contribution in [0.25, 0.3) is 11.1 Å². The van der Waals surface area contributed by atoms with Crippen LogP contribution in [0.5, 0.6) is 0 Å². The van der Waals surface area contributed by atoms with Crippen LogP contribution in [-0.2, 0) is 14.3 Å². The molecule has 1 fully saturated rings. The first-order valence-corrected chi connectivity index (χ1v) is 12.5. The van der Waals surface area contributed by atoms with E-state index in [1.165, 1.54) is 22.3 Å². The standard InChI is InChI=1S/C28H34N2O5/c1-18(15-26(31)32)13-14-29-27(33)19-7-6-8-20(16-19)30-28(34)35-17-25-23-11-4-2-9-21(23)22-10-3-5-12-24(22)25/h2-5,9-12,18-20,25H,6-8,13-17H2,1H3,(H,29,33)(H,30,34)(H,31,32). The summed E-state index contributed by atoms with van der Waals surface area (Å²) in [5.74, 6) is -0.967. The van der Waals surface area contributed by atoms with E-state index in [1.807, 2.05) is 31.2 Å². The number of ether oxygens (including phenoxy) is 1. The van der Waals surface area contributed by atoms with Gasteiger partial charge in [-0.25, -0.2) is 4.79 Å². The van der Waals surface area contributed by atoms with Crippen molar-refractivity contribution in [1.29, 1.82) is 0 Å². The molecule has 4 rings (SSSR count). The highest BCUT2D eigenvalue weighted by molar-refractivity contribution is 5.80. The molecular formula is C28H34N2O5. The highest BCUT2D eigenvalue weighted by atomic mass is 16.5. The number of amides is 2. The Labute approximate surface area is 206 Å². The summed E-state index contributed by atoms with van der Waals surface area (Å²) in [6.07, 6.45) is 3.35. The second-order valence-electron chi connectivity index (χ2n) is 9.81. The van der Waals surface area contributed by atoms with E-state index in [0.29, 0.717) is 19.4 Å². The van der Waals surface area contributed by atoms with Gasteiger partial charge in [0.25, 0.3) is 0 Å². The lowest BCUT2D eigenvalue weighted by Gasteiger charge is -2.29. The molecule has 0 radical (unpaired) electrons. The maximum Gasteiger partial charge on any atom is 0.407 e. The zero-order valence-corrected chi connectivity index (χ0v) is 20.2. The molecular weight excluding hydrogens is 444 g/mol. The first-order chi connectivity index (χ1) is 16.9. The minimum absolute atomic E-state index is 0.0153. The highest BCUT2D eigenvalue weighted by Gasteiger charge is 2.31. The third-order valence-electron chi connectivity index (χ3n) is 7.17. The molecule has 0 aromatic heterocycles. The highest BCUT2D eigenvalue weighted by Crippen LogP contribution is 2.44. The van der Waals surface area contributed by atoms with Crippen molar-refractivity contribution >= 4 is 18.0 Å². The Morgan fingerprint density at radius 1 is 1.03 bits per heavy atom. The van der Waals surface area contributed by atoms with Gasteiger partial charge in [0.1, 0.15) is 6.61 Å². The summed E-state index contributed by atoms with van der Waals surface area (Å²) in [6, 6.07) is 16.4. The number of benzene rings is 2. The second kappa shape index (κ2) is 11.4. The fourth-order valence-electron chi connectivity index (χ4n) is 5.35. The van der Waals surface area contributed by atoms with E-state index in [1.54, 1.807) is 0 Å². The lowest BCUT2D eigenvalue weighted by Crippen LogP contribution is -2.43. The zero-order chi connectivity index (χ0) is 24.8. The monoisotopic (exact) mass is 478 g/mol. The molecule has 2 aliphatic rings. The van der Waals surface area contributed by atoms with Crippen LogP contribution in [0.15, 0.2) is 48.5 Å². The van der Waals surface area contributed by atoms with Gasteiger partial charge in [-0.15, -0.1) is 0 Å². The van der Waals surface area contributed by atoms with Crippen LogP contribution in [0.4, 0.5) is 4.79 Å². The Kier molecular flexibility index (Phi) is 8.06. The number of hydrogen-bond acceptors (Lipinski definition) is 4. The van der Waals surface area contributed by atoms with E-state index < -0.39 is 12.1 Å². The van der Waals surface area contributed by atoms with Gasteiger partial charge in [0.15, 0.2) is 0 Å². The van der Waals surface area contributed by atoms with Gasteiger partial charge in [-0.1, -0.05) is 61.9 Å². The fraction of sp³-hybridized carbons (Fsp3) is 0.464. The minimum Gasteiger partial charge on any atom is -0.481 e. The van der Waals surface area contributed by atoms with Crippen LogP contribution in [0.2, 0.25) is 0 Å². The third kappa shape index (κ3) is 6.21. The molecule has 2 aromatic rings. The molecule has 3 atom stereocenters. The van der Waals surface area contributed by atoms with Crippen LogP contribution >= 0.6 is 0 Å². The van der Waals surface area contributed by atoms with Crippen LogP contribution < -0.4 is 10.6 Å². The lowest BCUT2D eigenvalue weighted by atomic mass is 9.85. The molecule has 2 aliphatic carbocycles. The first kappa shape index (κ1) is 24.8. The summed E-state index contributed by atoms with van der Waals surface area (Å²) in [4.78, 5) is 36.0. The van der Waals surface area contributed by atoms with Crippen molar-refractivity contribution in [3.05, 3.63) is 59.7 Å². The number of alkyl carbamates (subject to hydrolysis) is 1. The average molecular weight is 479 g/mol. The van der Waals surface area contributed by atoms with Crippen molar-refractivity contribution in [1.82, 2.24) is 10.6 Å². The van der Waals surface area contributed by atoms with Crippen LogP contribution in [0.3, 0.4) is 0 Å². The number of carbonyl (C=O) groups excluding carboxylic acids is 2. The second-order valence-corrected chi connectivity index (χ2v) is 9.81. The molecule has 7 heteroatoms. The molecule has 1 saturated carbocycles. The van der Waals surface area contributed by atoms with Gasteiger partial charge in [0.05, 0.1) is 0 Å². The Bertz CT molecular complexity index is 1020. The van der Waals surface area contributed by atoms with Gasteiger partial charge >= 0.3 is 12.1 Å². The van der Waals surface area contributed by atoms with Crippen LogP contribution in [0, 0.1) is 11.8 Å². The van der Waals surface area contributed by atoms with Gasteiger partial charge in [0.2, 0.25) is 5.91 Å². The third-order valence-corrected chi connectivity index (χ3v) is 7.17. The van der Waals surface area contributed by atoms with Gasteiger partial charge < -0.3 is 20.5 Å². The summed E-state index contributed by atoms with van der Waals surface area (Å²) >= 11 is 0. The normalized spacial score (nSPS) is 19.8. The molecule has 0 aliphatic heterocycles. The quantitative estimate of drug-likeness (QED) is 0.485. The summed E-state index contributed by atoms with van der Waals surface area (Å²) in [6.45, 7) is 2.61. The molecule has 35 heavy (non-hydrogen) atoms. The molecule has 0 heterocycles. The Morgan fingerprint density at radius 3 is 2.34 bits per heavy atom. The Morgan fingerprint density at radius 2 is 1.69 bits per heavy atom. The van der Waals surface area contributed by atoms with E-state index in [9.17, 15) is 14.4 Å². The van der Waals surface area contributed by atoms with E-state index in [-0.39, 0.29) is 42.7 Å². The number of hydrogen-bond donors (Lipinski definition) is 3. The van der Waals surface area contributed by atoms with E-state index in [2.05, 4.69) is 34.9 Å². The summed E-state index contributed by atoms with van der Waals surface area (Å²) in [7, 11) is 0. The molecule has 3 N–H and O–H groups in total. The van der Waals surface area contributed by atoms with Crippen molar-refractivity contribution in [2.75, 3.05) is 13.2 Å². The molecule has 0 spiro atoms. The van der Waals surface area contributed by atoms with Crippen molar-refractivity contribution in [3.8, 4) is 11.1 Å². The molecule has 3 unspecified atom stereocenters. The molecule has 2 aromatic carbocycles. The smallest absolute Gasteiger partial charge is 0.407 e. The van der Waals surface area contributed by atoms with Gasteiger partial charge in [-0.05, 0) is 53.9 Å². The molecule has 7 nitrogen and oxygen atoms in total. The number of carbonyl (C=O) groups is 3. The molecule has 0 bridgehead atoms. The summed E-state index contributed by atoms with van der Waals surface area (Å²) in [5.41, 5.74) is 4.73. The largest absolute Gasteiger partial charge is 0.481 e. The van der Waals surface area contributed by atoms with Crippen LogP contribution in [-0.4, -0.2) is 42.3 Å². The molecule has 2 amide bonds. The van der Waals surface area contributed by atoms with E-state index in [0.717, 1.165) is 19.3 Å². The van der Waals surface area contributed by atoms with E-state index >= 15 is 0 Å². The predicted molar refractivity (Wildman–Crippen MR) is 133 cm³/mol. The number of fused-ring (bicyclic) bond motifs is 3. The van der Waals surface area contributed by atoms with Crippen molar-refractivity contribution in [2.45, 2.75) is 57.4 Å². The number of carboxylic acid groups (broad SMARTS) is 1. The number of aliphatic carboxylic acids is 1. The van der Waals surface area contributed by atoms with Crippen molar-refractivity contribution in [2.24, 2.45) is 11.8 Å². The van der Waals surface area contributed by atoms with Gasteiger partial charge in [0, 0.05) is 30.8 Å². The van der Waals surface area contributed by atoms with Crippen molar-refractivity contribution < 1.29 is 24.2 Å². The average Bonchev–Trinajstić information content (AvgIpc) is 3.16. The Balaban J connectivity index is 1.24. The maximum atomic E-state index is 12.6. The van der Waals surface area contributed by atoms with Crippen molar-refractivity contribution in [3.63, 3.8) is 0 Å². The van der Waals surface area contributed by atoms with Gasteiger partial charge in [-0.2, -0.15) is 0 Å². The van der Waals surface area contributed by atoms with Gasteiger partial charge in [-0.3, -0.25) is 9.59 Å². The molecule has 186 valence electrons. The SMILES string of the molecule is CC(CCNC(=O)C1CCCC(NC(=O)OCC2c3ccccc3-c3ccccc32)C1)CC(=O)O. The Hall–Kier alpha value is -3.35. The predicted octanol–water partition coefficient (Wildman–Crippen LogP) is 4.70. The summed E-state index contributed by atoms with van der Waals surface area (Å²) < 4.78 is 5.66.